The summed E-state index contributed by atoms with van der Waals surface area (Å²) in [5.41, 5.74) is 0.999. The molecule has 0 aliphatic carbocycles. The molecule has 10 heteroatoms. The Balaban J connectivity index is 1.85. The van der Waals surface area contributed by atoms with Gasteiger partial charge < -0.3 is 14.7 Å². The second kappa shape index (κ2) is 5.27. The summed E-state index contributed by atoms with van der Waals surface area (Å²) in [6.07, 6.45) is -4.01. The van der Waals surface area contributed by atoms with Crippen LogP contribution in [0.2, 0.25) is 0 Å². The summed E-state index contributed by atoms with van der Waals surface area (Å²) in [5, 5.41) is 5.93. The molecular formula is C12H11F3N4O2S. The van der Waals surface area contributed by atoms with E-state index in [2.05, 4.69) is 20.0 Å². The van der Waals surface area contributed by atoms with Gasteiger partial charge in [-0.1, -0.05) is 5.16 Å². The van der Waals surface area contributed by atoms with Crippen LogP contribution in [0.15, 0.2) is 10.6 Å². The maximum Gasteiger partial charge on any atom is 0.471 e. The molecule has 1 aliphatic rings. The van der Waals surface area contributed by atoms with Gasteiger partial charge in [-0.15, -0.1) is 11.3 Å². The van der Waals surface area contributed by atoms with Gasteiger partial charge in [-0.3, -0.25) is 0 Å². The van der Waals surface area contributed by atoms with Crippen LogP contribution in [-0.4, -0.2) is 34.7 Å². The van der Waals surface area contributed by atoms with Gasteiger partial charge in [0.05, 0.1) is 11.4 Å². The minimum atomic E-state index is -4.65. The van der Waals surface area contributed by atoms with E-state index in [1.54, 1.807) is 18.0 Å². The van der Waals surface area contributed by atoms with Gasteiger partial charge in [-0.25, -0.2) is 4.79 Å². The lowest BCUT2D eigenvalue weighted by Crippen LogP contribution is -2.40. The fraction of sp³-hybridized carbons (Fsp3) is 0.417. The second-order valence-electron chi connectivity index (χ2n) is 4.71. The van der Waals surface area contributed by atoms with E-state index in [-0.39, 0.29) is 11.9 Å². The minimum absolute atomic E-state index is 0.0850. The lowest BCUT2D eigenvalue weighted by molar-refractivity contribution is -0.159. The van der Waals surface area contributed by atoms with Gasteiger partial charge >= 0.3 is 18.1 Å². The zero-order chi connectivity index (χ0) is 15.9. The highest BCUT2D eigenvalue weighted by Crippen LogP contribution is 2.35. The van der Waals surface area contributed by atoms with Crippen LogP contribution in [0.5, 0.6) is 0 Å². The third-order valence-electron chi connectivity index (χ3n) is 3.27. The highest BCUT2D eigenvalue weighted by Gasteiger charge is 2.38. The lowest BCUT2D eigenvalue weighted by atomic mass is 10.1. The summed E-state index contributed by atoms with van der Waals surface area (Å²) >= 11 is 1.27. The summed E-state index contributed by atoms with van der Waals surface area (Å²) in [6, 6.07) is 1.58. The quantitative estimate of drug-likeness (QED) is 0.871. The number of hydrogen-bond donors (Lipinski definition) is 1. The molecule has 6 nitrogen and oxygen atoms in total. The van der Waals surface area contributed by atoms with E-state index in [0.717, 1.165) is 10.4 Å². The Bertz CT molecular complexity index is 710. The minimum Gasteiger partial charge on any atom is -0.341 e. The monoisotopic (exact) mass is 332 g/mol. The van der Waals surface area contributed by atoms with Crippen molar-refractivity contribution in [3.05, 3.63) is 22.4 Å². The van der Waals surface area contributed by atoms with Gasteiger partial charge in [0.1, 0.15) is 0 Å². The molecule has 0 radical (unpaired) electrons. The van der Waals surface area contributed by atoms with Crippen molar-refractivity contribution >= 4 is 17.4 Å². The number of aromatic nitrogens is 2. The number of carbonyl (C=O) groups is 1. The zero-order valence-corrected chi connectivity index (χ0v) is 12.2. The SMILES string of the molecule is CNC(=O)N1CCc2cc(-c3noc(C(F)(F)F)n3)sc2C1. The number of amides is 2. The molecular weight excluding hydrogens is 321 g/mol. The second-order valence-corrected chi connectivity index (χ2v) is 5.84. The molecule has 2 amide bonds. The molecule has 1 N–H and O–H groups in total. The number of nitrogens with zero attached hydrogens (tertiary/aromatic N) is 3. The zero-order valence-electron chi connectivity index (χ0n) is 11.4. The van der Waals surface area contributed by atoms with E-state index in [9.17, 15) is 18.0 Å². The molecule has 0 unspecified atom stereocenters. The number of thiophene rings is 1. The van der Waals surface area contributed by atoms with Crippen LogP contribution in [-0.2, 0) is 19.1 Å². The Hall–Kier alpha value is -2.10. The molecule has 3 rings (SSSR count). The number of alkyl halides is 3. The van der Waals surface area contributed by atoms with Crippen LogP contribution in [0, 0.1) is 0 Å². The molecule has 0 aromatic carbocycles. The van der Waals surface area contributed by atoms with E-state index >= 15 is 0 Å². The molecule has 0 spiro atoms. The molecule has 2 aromatic heterocycles. The first kappa shape index (κ1) is 14.8. The summed E-state index contributed by atoms with van der Waals surface area (Å²) in [6.45, 7) is 0.979. The fourth-order valence-corrected chi connectivity index (χ4v) is 3.35. The van der Waals surface area contributed by atoms with Crippen molar-refractivity contribution in [1.82, 2.24) is 20.4 Å². The Labute approximate surface area is 126 Å². The van der Waals surface area contributed by atoms with Gasteiger partial charge in [-0.05, 0) is 18.1 Å². The van der Waals surface area contributed by atoms with Crippen molar-refractivity contribution in [3.8, 4) is 10.7 Å². The predicted octanol–water partition coefficient (Wildman–Crippen LogP) is 2.51. The largest absolute Gasteiger partial charge is 0.471 e. The Morgan fingerprint density at radius 2 is 2.27 bits per heavy atom. The topological polar surface area (TPSA) is 71.3 Å². The summed E-state index contributed by atoms with van der Waals surface area (Å²) < 4.78 is 41.7. The van der Waals surface area contributed by atoms with Crippen LogP contribution in [0.25, 0.3) is 10.7 Å². The van der Waals surface area contributed by atoms with E-state index in [0.29, 0.717) is 24.4 Å². The third kappa shape index (κ3) is 2.65. The molecule has 2 aromatic rings. The molecule has 0 bridgehead atoms. The molecule has 3 heterocycles. The maximum absolute atomic E-state index is 12.5. The van der Waals surface area contributed by atoms with Crippen LogP contribution in [0.3, 0.4) is 0 Å². The van der Waals surface area contributed by atoms with Crippen LogP contribution >= 0.6 is 11.3 Å². The summed E-state index contributed by atoms with van der Waals surface area (Å²) in [4.78, 5) is 18.1. The van der Waals surface area contributed by atoms with Crippen LogP contribution < -0.4 is 5.32 Å². The van der Waals surface area contributed by atoms with Crippen LogP contribution in [0.1, 0.15) is 16.3 Å². The number of hydrogen-bond acceptors (Lipinski definition) is 5. The van der Waals surface area contributed by atoms with Gasteiger partial charge in [-0.2, -0.15) is 18.2 Å². The van der Waals surface area contributed by atoms with Gasteiger partial charge in [0, 0.05) is 18.5 Å². The molecule has 0 atom stereocenters. The lowest BCUT2D eigenvalue weighted by Gasteiger charge is -2.26. The highest BCUT2D eigenvalue weighted by molar-refractivity contribution is 7.15. The van der Waals surface area contributed by atoms with Crippen molar-refractivity contribution in [1.29, 1.82) is 0 Å². The molecule has 22 heavy (non-hydrogen) atoms. The van der Waals surface area contributed by atoms with Crippen molar-refractivity contribution in [3.63, 3.8) is 0 Å². The number of fused-ring (bicyclic) bond motifs is 1. The molecule has 0 saturated carbocycles. The molecule has 118 valence electrons. The van der Waals surface area contributed by atoms with E-state index < -0.39 is 12.1 Å². The predicted molar refractivity (Wildman–Crippen MR) is 71.2 cm³/mol. The first-order valence-corrected chi connectivity index (χ1v) is 7.19. The number of nitrogens with one attached hydrogen (secondary N) is 1. The third-order valence-corrected chi connectivity index (χ3v) is 4.43. The highest BCUT2D eigenvalue weighted by atomic mass is 32.1. The fourth-order valence-electron chi connectivity index (χ4n) is 2.20. The standard InChI is InChI=1S/C12H11F3N4O2S/c1-16-11(20)19-3-2-6-4-7(22-8(6)5-19)9-17-10(21-18-9)12(13,14)15/h4H,2-3,5H2,1H3,(H,16,20). The first-order chi connectivity index (χ1) is 10.4. The van der Waals surface area contributed by atoms with Gasteiger partial charge in [0.25, 0.3) is 0 Å². The Kier molecular flexibility index (Phi) is 3.55. The number of carbonyl (C=O) groups excluding carboxylic acids is 1. The number of urea groups is 1. The van der Waals surface area contributed by atoms with E-state index in [1.165, 1.54) is 11.3 Å². The Morgan fingerprint density at radius 1 is 1.50 bits per heavy atom. The average molecular weight is 332 g/mol. The van der Waals surface area contributed by atoms with Crippen molar-refractivity contribution in [2.24, 2.45) is 0 Å². The molecule has 1 aliphatic heterocycles. The summed E-state index contributed by atoms with van der Waals surface area (Å²) in [5.74, 6) is -1.45. The van der Waals surface area contributed by atoms with Gasteiger partial charge in [0.15, 0.2) is 0 Å². The molecule has 0 fully saturated rings. The van der Waals surface area contributed by atoms with Crippen molar-refractivity contribution in [2.45, 2.75) is 19.1 Å². The average Bonchev–Trinajstić information content (AvgIpc) is 3.11. The van der Waals surface area contributed by atoms with Crippen molar-refractivity contribution < 1.29 is 22.5 Å². The van der Waals surface area contributed by atoms with Gasteiger partial charge in [0.2, 0.25) is 5.82 Å². The smallest absolute Gasteiger partial charge is 0.341 e. The number of rotatable bonds is 1. The first-order valence-electron chi connectivity index (χ1n) is 6.38. The van der Waals surface area contributed by atoms with Crippen molar-refractivity contribution in [2.75, 3.05) is 13.6 Å². The molecule has 0 saturated heterocycles. The normalized spacial score (nSPS) is 14.8. The Morgan fingerprint density at radius 3 is 2.91 bits per heavy atom. The number of halogens is 3. The van der Waals surface area contributed by atoms with E-state index in [1.807, 2.05) is 0 Å². The van der Waals surface area contributed by atoms with Crippen LogP contribution in [0.4, 0.5) is 18.0 Å². The van der Waals surface area contributed by atoms with E-state index in [4.69, 9.17) is 0 Å². The maximum atomic E-state index is 12.5. The summed E-state index contributed by atoms with van der Waals surface area (Å²) in [7, 11) is 1.55.